The Morgan fingerprint density at radius 3 is 2.52 bits per heavy atom. The lowest BCUT2D eigenvalue weighted by Gasteiger charge is -2.22. The lowest BCUT2D eigenvalue weighted by atomic mass is 10.0. The first kappa shape index (κ1) is 19.1. The van der Waals surface area contributed by atoms with E-state index in [0.717, 1.165) is 22.4 Å². The fourth-order valence-electron chi connectivity index (χ4n) is 3.86. The number of anilines is 1. The number of benzene rings is 2. The summed E-state index contributed by atoms with van der Waals surface area (Å²) in [7, 11) is 0. The molecule has 1 fully saturated rings. The molecular formula is C22H25FN2O2. The summed E-state index contributed by atoms with van der Waals surface area (Å²) >= 11 is 0. The first-order valence-corrected chi connectivity index (χ1v) is 9.26. The zero-order valence-corrected chi connectivity index (χ0v) is 16.0. The summed E-state index contributed by atoms with van der Waals surface area (Å²) < 4.78 is 13.6. The Balaban J connectivity index is 1.62. The lowest BCUT2D eigenvalue weighted by Crippen LogP contribution is -2.34. The quantitative estimate of drug-likeness (QED) is 0.879. The van der Waals surface area contributed by atoms with Gasteiger partial charge in [0.05, 0.1) is 5.92 Å². The van der Waals surface area contributed by atoms with Gasteiger partial charge in [0.1, 0.15) is 5.82 Å². The largest absolute Gasteiger partial charge is 0.355 e. The van der Waals surface area contributed by atoms with Gasteiger partial charge in [-0.3, -0.25) is 9.59 Å². The van der Waals surface area contributed by atoms with Gasteiger partial charge in [-0.2, -0.15) is 0 Å². The topological polar surface area (TPSA) is 49.4 Å². The third kappa shape index (κ3) is 4.18. The maximum Gasteiger partial charge on any atom is 0.227 e. The standard InChI is InChI=1S/C22H25FN2O2/c1-14-10-15(2)21(16(3)11-14)25-13-18(12-20(25)26)22(27)24-9-8-17-6-4-5-7-19(17)23/h4-7,10-11,18H,8-9,12-13H2,1-3H3,(H,24,27). The number of halogens is 1. The van der Waals surface area contributed by atoms with Crippen LogP contribution in [0.2, 0.25) is 0 Å². The van der Waals surface area contributed by atoms with Crippen molar-refractivity contribution in [2.75, 3.05) is 18.0 Å². The molecule has 142 valence electrons. The number of aryl methyl sites for hydroxylation is 3. The summed E-state index contributed by atoms with van der Waals surface area (Å²) in [5.41, 5.74) is 4.73. The van der Waals surface area contributed by atoms with Crippen LogP contribution in [-0.2, 0) is 16.0 Å². The molecule has 5 heteroatoms. The number of amides is 2. The van der Waals surface area contributed by atoms with Crippen molar-refractivity contribution in [2.45, 2.75) is 33.6 Å². The van der Waals surface area contributed by atoms with Gasteiger partial charge in [0.25, 0.3) is 0 Å². The molecule has 4 nitrogen and oxygen atoms in total. The zero-order chi connectivity index (χ0) is 19.6. The maximum atomic E-state index is 13.6. The molecule has 0 aliphatic carbocycles. The van der Waals surface area contributed by atoms with Gasteiger partial charge >= 0.3 is 0 Å². The van der Waals surface area contributed by atoms with Crippen LogP contribution < -0.4 is 10.2 Å². The van der Waals surface area contributed by atoms with E-state index < -0.39 is 0 Å². The van der Waals surface area contributed by atoms with Crippen molar-refractivity contribution in [2.24, 2.45) is 5.92 Å². The van der Waals surface area contributed by atoms with Crippen molar-refractivity contribution in [1.82, 2.24) is 5.32 Å². The molecule has 0 bridgehead atoms. The van der Waals surface area contributed by atoms with Crippen LogP contribution in [0.15, 0.2) is 36.4 Å². The SMILES string of the molecule is Cc1cc(C)c(N2CC(C(=O)NCCc3ccccc3F)CC2=O)c(C)c1. The van der Waals surface area contributed by atoms with Gasteiger partial charge in [0.15, 0.2) is 0 Å². The van der Waals surface area contributed by atoms with Crippen molar-refractivity contribution >= 4 is 17.5 Å². The number of carbonyl (C=O) groups is 2. The van der Waals surface area contributed by atoms with Gasteiger partial charge in [-0.05, 0) is 49.9 Å². The fourth-order valence-corrected chi connectivity index (χ4v) is 3.86. The van der Waals surface area contributed by atoms with Crippen molar-refractivity contribution in [3.8, 4) is 0 Å². The minimum absolute atomic E-state index is 0.0284. The van der Waals surface area contributed by atoms with E-state index in [1.165, 1.54) is 6.07 Å². The Kier molecular flexibility index (Phi) is 5.59. The van der Waals surface area contributed by atoms with Crippen LogP contribution in [0.3, 0.4) is 0 Å². The second-order valence-electron chi connectivity index (χ2n) is 7.29. The minimum Gasteiger partial charge on any atom is -0.355 e. The lowest BCUT2D eigenvalue weighted by molar-refractivity contribution is -0.126. The van der Waals surface area contributed by atoms with E-state index in [4.69, 9.17) is 0 Å². The van der Waals surface area contributed by atoms with E-state index in [1.54, 1.807) is 23.1 Å². The van der Waals surface area contributed by atoms with Crippen LogP contribution in [-0.4, -0.2) is 24.9 Å². The van der Waals surface area contributed by atoms with E-state index >= 15 is 0 Å². The molecule has 1 saturated heterocycles. The first-order valence-electron chi connectivity index (χ1n) is 9.26. The molecule has 1 unspecified atom stereocenters. The zero-order valence-electron chi connectivity index (χ0n) is 16.0. The molecule has 0 aromatic heterocycles. The van der Waals surface area contributed by atoms with Crippen molar-refractivity contribution in [1.29, 1.82) is 0 Å². The van der Waals surface area contributed by atoms with Crippen LogP contribution in [0.5, 0.6) is 0 Å². The molecule has 2 aromatic rings. The Labute approximate surface area is 159 Å². The van der Waals surface area contributed by atoms with Crippen molar-refractivity contribution < 1.29 is 14.0 Å². The predicted octanol–water partition coefficient (Wildman–Crippen LogP) is 3.46. The molecule has 0 radical (unpaired) electrons. The van der Waals surface area contributed by atoms with Crippen LogP contribution >= 0.6 is 0 Å². The summed E-state index contributed by atoms with van der Waals surface area (Å²) in [5.74, 6) is -0.818. The van der Waals surface area contributed by atoms with E-state index in [-0.39, 0.29) is 30.0 Å². The van der Waals surface area contributed by atoms with E-state index in [1.807, 2.05) is 20.8 Å². The summed E-state index contributed by atoms with van der Waals surface area (Å²) in [6, 6.07) is 10.7. The van der Waals surface area contributed by atoms with Crippen LogP contribution in [0.1, 0.15) is 28.7 Å². The minimum atomic E-state index is -0.377. The molecule has 0 saturated carbocycles. The molecule has 27 heavy (non-hydrogen) atoms. The molecule has 1 heterocycles. The summed E-state index contributed by atoms with van der Waals surface area (Å²) in [6.45, 7) is 6.75. The van der Waals surface area contributed by atoms with Crippen molar-refractivity contribution in [3.05, 3.63) is 64.5 Å². The molecule has 1 aliphatic rings. The third-order valence-corrected chi connectivity index (χ3v) is 5.05. The van der Waals surface area contributed by atoms with Gasteiger partial charge in [0.2, 0.25) is 11.8 Å². The fraction of sp³-hybridized carbons (Fsp3) is 0.364. The van der Waals surface area contributed by atoms with E-state index in [9.17, 15) is 14.0 Å². The molecule has 1 aliphatic heterocycles. The maximum absolute atomic E-state index is 13.6. The van der Waals surface area contributed by atoms with Crippen LogP contribution in [0, 0.1) is 32.5 Å². The summed E-state index contributed by atoms with van der Waals surface area (Å²) in [4.78, 5) is 26.7. The highest BCUT2D eigenvalue weighted by atomic mass is 19.1. The predicted molar refractivity (Wildman–Crippen MR) is 104 cm³/mol. The summed E-state index contributed by atoms with van der Waals surface area (Å²) in [5, 5.41) is 2.85. The van der Waals surface area contributed by atoms with Gasteiger partial charge in [-0.25, -0.2) is 4.39 Å². The van der Waals surface area contributed by atoms with E-state index in [0.29, 0.717) is 25.1 Å². The van der Waals surface area contributed by atoms with Crippen molar-refractivity contribution in [3.63, 3.8) is 0 Å². The van der Waals surface area contributed by atoms with Gasteiger partial charge < -0.3 is 10.2 Å². The highest BCUT2D eigenvalue weighted by molar-refractivity contribution is 6.01. The number of carbonyl (C=O) groups excluding carboxylic acids is 2. The molecule has 1 atom stereocenters. The second kappa shape index (κ2) is 7.91. The van der Waals surface area contributed by atoms with Crippen LogP contribution in [0.4, 0.5) is 10.1 Å². The number of hydrogen-bond donors (Lipinski definition) is 1. The second-order valence-corrected chi connectivity index (χ2v) is 7.29. The number of nitrogens with one attached hydrogen (secondary N) is 1. The molecule has 1 N–H and O–H groups in total. The molecule has 2 amide bonds. The average Bonchev–Trinajstić information content (AvgIpc) is 2.97. The summed E-state index contributed by atoms with van der Waals surface area (Å²) in [6.07, 6.45) is 0.636. The van der Waals surface area contributed by atoms with Gasteiger partial charge in [-0.15, -0.1) is 0 Å². The Morgan fingerprint density at radius 2 is 1.85 bits per heavy atom. The van der Waals surface area contributed by atoms with Crippen LogP contribution in [0.25, 0.3) is 0 Å². The van der Waals surface area contributed by atoms with E-state index in [2.05, 4.69) is 17.4 Å². The normalized spacial score (nSPS) is 16.7. The van der Waals surface area contributed by atoms with Gasteiger partial charge in [0, 0.05) is 25.2 Å². The molecular weight excluding hydrogens is 343 g/mol. The Bertz CT molecular complexity index is 855. The first-order chi connectivity index (χ1) is 12.9. The Hall–Kier alpha value is -2.69. The molecule has 3 rings (SSSR count). The molecule has 0 spiro atoms. The highest BCUT2D eigenvalue weighted by Gasteiger charge is 2.36. The van der Waals surface area contributed by atoms with Gasteiger partial charge in [-0.1, -0.05) is 35.9 Å². The Morgan fingerprint density at radius 1 is 1.19 bits per heavy atom. The number of rotatable bonds is 5. The monoisotopic (exact) mass is 368 g/mol. The molecule has 2 aromatic carbocycles. The number of hydrogen-bond acceptors (Lipinski definition) is 2. The highest BCUT2D eigenvalue weighted by Crippen LogP contribution is 2.31. The average molecular weight is 368 g/mol. The smallest absolute Gasteiger partial charge is 0.227 e. The third-order valence-electron chi connectivity index (χ3n) is 5.05. The number of nitrogens with zero attached hydrogens (tertiary/aromatic N) is 1.